The van der Waals surface area contributed by atoms with Gasteiger partial charge in [0.2, 0.25) is 0 Å². The number of aliphatic hydroxyl groups is 1. The highest BCUT2D eigenvalue weighted by atomic mass is 16.4. The number of rotatable bonds is 4. The largest absolute Gasteiger partial charge is 0.481 e. The minimum atomic E-state index is -1.28. The Morgan fingerprint density at radius 2 is 1.81 bits per heavy atom. The summed E-state index contributed by atoms with van der Waals surface area (Å²) in [5, 5.41) is 20.6. The summed E-state index contributed by atoms with van der Waals surface area (Å²) in [4.78, 5) is 26.6. The van der Waals surface area contributed by atoms with Gasteiger partial charge in [-0.05, 0) is 49.4 Å². The fraction of sp³-hybridized carbons (Fsp3) is 0.364. The van der Waals surface area contributed by atoms with E-state index in [2.05, 4.69) is 0 Å². The number of carboxylic acid groups (broad SMARTS) is 1. The zero-order valence-electron chi connectivity index (χ0n) is 15.7. The minimum Gasteiger partial charge on any atom is -0.481 e. The molecule has 2 aromatic carbocycles. The number of carbonyl (C=O) groups excluding carboxylic acids is 1. The number of carbonyl (C=O) groups is 2. The van der Waals surface area contributed by atoms with E-state index in [0.717, 1.165) is 16.7 Å². The summed E-state index contributed by atoms with van der Waals surface area (Å²) in [5.74, 6) is -1.17. The number of aliphatic hydroxyl groups excluding tert-OH is 1. The van der Waals surface area contributed by atoms with Crippen LogP contribution in [0, 0.1) is 19.3 Å². The smallest absolute Gasteiger partial charge is 0.312 e. The number of aliphatic carboxylic acids is 1. The van der Waals surface area contributed by atoms with E-state index in [1.807, 2.05) is 56.3 Å². The second-order valence-corrected chi connectivity index (χ2v) is 7.39. The lowest BCUT2D eigenvalue weighted by Crippen LogP contribution is -2.57. The van der Waals surface area contributed by atoms with Gasteiger partial charge in [-0.25, -0.2) is 0 Å². The van der Waals surface area contributed by atoms with Crippen LogP contribution < -0.4 is 0 Å². The van der Waals surface area contributed by atoms with Crippen LogP contribution in [0.5, 0.6) is 0 Å². The number of piperidine rings is 1. The van der Waals surface area contributed by atoms with Gasteiger partial charge in [0.25, 0.3) is 5.91 Å². The summed E-state index contributed by atoms with van der Waals surface area (Å²) < 4.78 is 0. The third-order valence-corrected chi connectivity index (χ3v) is 5.77. The number of β-amino-alcohol motifs (C(OH)–C–C–N with tert-alkyl or cyclic N) is 1. The molecule has 1 saturated heterocycles. The SMILES string of the molecule is Cc1cccc(C(=O)N2CC[C@](Cc3ccccc3)(C(=O)O)[C@@H](O)C2)c1C. The molecule has 0 spiro atoms. The highest BCUT2D eigenvalue weighted by Gasteiger charge is 2.49. The lowest BCUT2D eigenvalue weighted by Gasteiger charge is -2.43. The van der Waals surface area contributed by atoms with Gasteiger partial charge in [0.1, 0.15) is 5.41 Å². The predicted molar refractivity (Wildman–Crippen MR) is 103 cm³/mol. The van der Waals surface area contributed by atoms with Crippen molar-refractivity contribution >= 4 is 11.9 Å². The standard InChI is InChI=1S/C22H25NO4/c1-15-7-6-10-18(16(15)2)20(25)23-12-11-22(21(26)27,19(24)14-23)13-17-8-4-3-5-9-17/h3-10,19,24H,11-14H2,1-2H3,(H,26,27)/t19-,22+/m0/s1. The molecule has 0 unspecified atom stereocenters. The van der Waals surface area contributed by atoms with Crippen LogP contribution >= 0.6 is 0 Å². The van der Waals surface area contributed by atoms with E-state index in [9.17, 15) is 19.8 Å². The van der Waals surface area contributed by atoms with Gasteiger partial charge in [0, 0.05) is 18.7 Å². The molecule has 2 aromatic rings. The molecule has 2 N–H and O–H groups in total. The quantitative estimate of drug-likeness (QED) is 0.871. The maximum Gasteiger partial charge on any atom is 0.312 e. The molecule has 0 aliphatic carbocycles. The molecule has 0 aromatic heterocycles. The summed E-state index contributed by atoms with van der Waals surface area (Å²) in [6.07, 6.45) is -0.664. The molecule has 1 fully saturated rings. The summed E-state index contributed by atoms with van der Waals surface area (Å²) in [6.45, 7) is 4.18. The Bertz CT molecular complexity index is 849. The number of hydrogen-bond acceptors (Lipinski definition) is 3. The molecule has 5 nitrogen and oxygen atoms in total. The Morgan fingerprint density at radius 1 is 1.11 bits per heavy atom. The second kappa shape index (κ2) is 7.53. The number of amides is 1. The van der Waals surface area contributed by atoms with E-state index in [1.54, 1.807) is 11.0 Å². The van der Waals surface area contributed by atoms with E-state index < -0.39 is 17.5 Å². The highest BCUT2D eigenvalue weighted by molar-refractivity contribution is 5.96. The number of aryl methyl sites for hydroxylation is 1. The second-order valence-electron chi connectivity index (χ2n) is 7.39. The van der Waals surface area contributed by atoms with Crippen molar-refractivity contribution in [2.45, 2.75) is 32.8 Å². The third kappa shape index (κ3) is 3.60. The zero-order chi connectivity index (χ0) is 19.6. The minimum absolute atomic E-state index is 0.0192. The number of likely N-dealkylation sites (tertiary alicyclic amines) is 1. The van der Waals surface area contributed by atoms with Crippen LogP contribution in [0.25, 0.3) is 0 Å². The van der Waals surface area contributed by atoms with Crippen molar-refractivity contribution < 1.29 is 19.8 Å². The van der Waals surface area contributed by atoms with Crippen LogP contribution in [0.4, 0.5) is 0 Å². The molecule has 0 bridgehead atoms. The van der Waals surface area contributed by atoms with Crippen LogP contribution in [0.15, 0.2) is 48.5 Å². The molecule has 1 aliphatic heterocycles. The molecular weight excluding hydrogens is 342 g/mol. The average molecular weight is 367 g/mol. The molecule has 1 aliphatic rings. The highest BCUT2D eigenvalue weighted by Crippen LogP contribution is 2.36. The molecule has 2 atom stereocenters. The van der Waals surface area contributed by atoms with Gasteiger partial charge in [-0.1, -0.05) is 42.5 Å². The Hall–Kier alpha value is -2.66. The first-order valence-corrected chi connectivity index (χ1v) is 9.16. The van der Waals surface area contributed by atoms with Crippen molar-refractivity contribution in [3.63, 3.8) is 0 Å². The fourth-order valence-corrected chi connectivity index (χ4v) is 3.80. The fourth-order valence-electron chi connectivity index (χ4n) is 3.80. The molecule has 142 valence electrons. The van der Waals surface area contributed by atoms with E-state index in [4.69, 9.17) is 0 Å². The number of benzene rings is 2. The van der Waals surface area contributed by atoms with E-state index >= 15 is 0 Å². The predicted octanol–water partition coefficient (Wildman–Crippen LogP) is 2.82. The number of nitrogens with zero attached hydrogens (tertiary/aromatic N) is 1. The van der Waals surface area contributed by atoms with Gasteiger partial charge in [-0.15, -0.1) is 0 Å². The average Bonchev–Trinajstić information content (AvgIpc) is 2.65. The first-order chi connectivity index (χ1) is 12.8. The monoisotopic (exact) mass is 367 g/mol. The molecule has 3 rings (SSSR count). The van der Waals surface area contributed by atoms with Crippen LogP contribution in [0.2, 0.25) is 0 Å². The summed E-state index contributed by atoms with van der Waals surface area (Å²) >= 11 is 0. The number of carboxylic acids is 1. The Balaban J connectivity index is 1.82. The Labute approximate surface area is 159 Å². The maximum atomic E-state index is 12.9. The van der Waals surface area contributed by atoms with Crippen molar-refractivity contribution in [2.75, 3.05) is 13.1 Å². The van der Waals surface area contributed by atoms with Gasteiger partial charge < -0.3 is 15.1 Å². The molecular formula is C22H25NO4. The molecule has 5 heteroatoms. The third-order valence-electron chi connectivity index (χ3n) is 5.77. The Kier molecular flexibility index (Phi) is 5.33. The summed E-state index contributed by atoms with van der Waals surface area (Å²) in [5.41, 5.74) is 2.14. The summed E-state index contributed by atoms with van der Waals surface area (Å²) in [7, 11) is 0. The van der Waals surface area contributed by atoms with Gasteiger partial charge >= 0.3 is 5.97 Å². The van der Waals surface area contributed by atoms with Crippen LogP contribution in [-0.4, -0.2) is 46.2 Å². The lowest BCUT2D eigenvalue weighted by atomic mass is 9.71. The first-order valence-electron chi connectivity index (χ1n) is 9.16. The van der Waals surface area contributed by atoms with Crippen molar-refractivity contribution in [1.82, 2.24) is 4.90 Å². The topological polar surface area (TPSA) is 77.8 Å². The number of hydrogen-bond donors (Lipinski definition) is 2. The van der Waals surface area contributed by atoms with Gasteiger partial charge in [0.05, 0.1) is 6.10 Å². The van der Waals surface area contributed by atoms with Crippen molar-refractivity contribution in [3.05, 3.63) is 70.8 Å². The van der Waals surface area contributed by atoms with Crippen molar-refractivity contribution in [2.24, 2.45) is 5.41 Å². The molecule has 1 heterocycles. The van der Waals surface area contributed by atoms with Crippen molar-refractivity contribution in [3.8, 4) is 0 Å². The van der Waals surface area contributed by atoms with E-state index in [-0.39, 0.29) is 25.3 Å². The molecule has 0 saturated carbocycles. The summed E-state index contributed by atoms with van der Waals surface area (Å²) in [6, 6.07) is 14.9. The van der Waals surface area contributed by atoms with Gasteiger partial charge in [0.15, 0.2) is 0 Å². The normalized spacial score (nSPS) is 22.5. The Morgan fingerprint density at radius 3 is 2.44 bits per heavy atom. The first kappa shape index (κ1) is 19.1. The van der Waals surface area contributed by atoms with Gasteiger partial charge in [-0.2, -0.15) is 0 Å². The molecule has 0 radical (unpaired) electrons. The molecule has 27 heavy (non-hydrogen) atoms. The van der Waals surface area contributed by atoms with Gasteiger partial charge in [-0.3, -0.25) is 9.59 Å². The molecule has 1 amide bonds. The van der Waals surface area contributed by atoms with Crippen LogP contribution in [-0.2, 0) is 11.2 Å². The van der Waals surface area contributed by atoms with Crippen LogP contribution in [0.1, 0.15) is 33.5 Å². The van der Waals surface area contributed by atoms with Crippen LogP contribution in [0.3, 0.4) is 0 Å². The van der Waals surface area contributed by atoms with Crippen molar-refractivity contribution in [1.29, 1.82) is 0 Å². The van der Waals surface area contributed by atoms with E-state index in [1.165, 1.54) is 0 Å². The lowest BCUT2D eigenvalue weighted by molar-refractivity contribution is -0.161. The van der Waals surface area contributed by atoms with E-state index in [0.29, 0.717) is 12.1 Å². The zero-order valence-corrected chi connectivity index (χ0v) is 15.7. The maximum absolute atomic E-state index is 12.9.